The molecule has 4 saturated heterocycles. The molecule has 4 aliphatic rings. The van der Waals surface area contributed by atoms with Gasteiger partial charge in [-0.15, -0.1) is 0 Å². The first-order valence-electron chi connectivity index (χ1n) is 18.4. The van der Waals surface area contributed by atoms with Gasteiger partial charge in [-0.25, -0.2) is 13.8 Å². The summed E-state index contributed by atoms with van der Waals surface area (Å²) < 4.78 is 47.2. The summed E-state index contributed by atoms with van der Waals surface area (Å²) in [6.45, 7) is 9.13. The van der Waals surface area contributed by atoms with Gasteiger partial charge in [-0.05, 0) is 69.3 Å². The molecule has 280 valence electrons. The average Bonchev–Trinajstić information content (AvgIpc) is 3.15. The van der Waals surface area contributed by atoms with E-state index < -0.39 is 29.1 Å². The number of likely N-dealkylation sites (tertiary alicyclic amines) is 1. The van der Waals surface area contributed by atoms with E-state index in [1.54, 1.807) is 12.1 Å². The number of nitrogens with zero attached hydrogens (tertiary/aromatic N) is 4. The van der Waals surface area contributed by atoms with E-state index in [9.17, 15) is 23.2 Å². The predicted octanol–water partition coefficient (Wildman–Crippen LogP) is 3.03. The van der Waals surface area contributed by atoms with Crippen LogP contribution in [0, 0.1) is 17.6 Å². The molecule has 1 unspecified atom stereocenters. The maximum absolute atomic E-state index is 15.0. The molecule has 52 heavy (non-hydrogen) atoms. The van der Waals surface area contributed by atoms with Crippen LogP contribution in [0.3, 0.4) is 0 Å². The fourth-order valence-electron chi connectivity index (χ4n) is 7.38. The number of carbonyl (C=O) groups excluding carboxylic acids is 2. The van der Waals surface area contributed by atoms with Gasteiger partial charge in [0.25, 0.3) is 5.56 Å². The predicted molar refractivity (Wildman–Crippen MR) is 190 cm³/mol. The van der Waals surface area contributed by atoms with Gasteiger partial charge in [-0.2, -0.15) is 0 Å². The molecule has 1 aromatic heterocycles. The summed E-state index contributed by atoms with van der Waals surface area (Å²) in [5.74, 6) is -0.731. The SMILES string of the molecule is O=C1CCC(Nc2ccc(N3CCN(CCN4CCC(COc5cc(F)c6c(=O)[nH]c(COC7CCOCC7)nc6c5)CC4)CC3)cc2F)C(=O)N1. The molecular weight excluding hydrogens is 676 g/mol. The number of H-pyrrole nitrogens is 1. The second-order valence-electron chi connectivity index (χ2n) is 14.2. The Balaban J connectivity index is 0.820. The summed E-state index contributed by atoms with van der Waals surface area (Å²) in [4.78, 5) is 50.3. The molecule has 0 aliphatic carbocycles. The third-order valence-electron chi connectivity index (χ3n) is 10.6. The highest BCUT2D eigenvalue weighted by Gasteiger charge is 2.28. The van der Waals surface area contributed by atoms with E-state index in [2.05, 4.69) is 35.3 Å². The van der Waals surface area contributed by atoms with Crippen molar-refractivity contribution in [3.63, 3.8) is 0 Å². The van der Waals surface area contributed by atoms with Gasteiger partial charge in [0, 0.05) is 76.7 Å². The average molecular weight is 724 g/mol. The van der Waals surface area contributed by atoms with E-state index >= 15 is 0 Å². The van der Waals surface area contributed by atoms with Crippen molar-refractivity contribution in [2.75, 3.05) is 82.4 Å². The van der Waals surface area contributed by atoms with Crippen molar-refractivity contribution in [3.05, 3.63) is 58.1 Å². The number of ether oxygens (including phenoxy) is 3. The zero-order chi connectivity index (χ0) is 36.0. The van der Waals surface area contributed by atoms with E-state index in [4.69, 9.17) is 14.2 Å². The molecule has 0 saturated carbocycles. The van der Waals surface area contributed by atoms with E-state index in [0.29, 0.717) is 43.7 Å². The summed E-state index contributed by atoms with van der Waals surface area (Å²) in [6, 6.07) is 7.31. The number of fused-ring (bicyclic) bond motifs is 1. The first-order valence-corrected chi connectivity index (χ1v) is 18.4. The normalized spacial score (nSPS) is 21.4. The Hall–Kier alpha value is -4.18. The molecule has 4 aliphatic heterocycles. The van der Waals surface area contributed by atoms with Crippen molar-refractivity contribution in [1.29, 1.82) is 0 Å². The minimum Gasteiger partial charge on any atom is -0.493 e. The topological polar surface area (TPSA) is 141 Å². The zero-order valence-electron chi connectivity index (χ0n) is 29.3. The van der Waals surface area contributed by atoms with E-state index in [0.717, 1.165) is 83.7 Å². The summed E-state index contributed by atoms with van der Waals surface area (Å²) in [6.07, 6.45) is 4.17. The van der Waals surface area contributed by atoms with Crippen LogP contribution in [0.2, 0.25) is 0 Å². The first-order chi connectivity index (χ1) is 25.3. The van der Waals surface area contributed by atoms with Gasteiger partial charge in [0.2, 0.25) is 11.8 Å². The number of imide groups is 1. The zero-order valence-corrected chi connectivity index (χ0v) is 29.3. The molecule has 7 rings (SSSR count). The Bertz CT molecular complexity index is 1790. The summed E-state index contributed by atoms with van der Waals surface area (Å²) in [7, 11) is 0. The number of piperazine rings is 1. The lowest BCUT2D eigenvalue weighted by atomic mass is 9.98. The van der Waals surface area contributed by atoms with Crippen LogP contribution < -0.4 is 25.8 Å². The van der Waals surface area contributed by atoms with Crippen LogP contribution in [-0.2, 0) is 25.7 Å². The number of anilines is 2. The van der Waals surface area contributed by atoms with E-state index in [1.807, 2.05) is 6.07 Å². The van der Waals surface area contributed by atoms with Gasteiger partial charge in [-0.1, -0.05) is 0 Å². The van der Waals surface area contributed by atoms with Gasteiger partial charge in [-0.3, -0.25) is 24.6 Å². The van der Waals surface area contributed by atoms with Gasteiger partial charge in [0.15, 0.2) is 0 Å². The van der Waals surface area contributed by atoms with Gasteiger partial charge in [0.1, 0.15) is 41.2 Å². The van der Waals surface area contributed by atoms with Gasteiger partial charge >= 0.3 is 0 Å². The van der Waals surface area contributed by atoms with E-state index in [1.165, 1.54) is 12.1 Å². The third-order valence-corrected chi connectivity index (χ3v) is 10.6. The summed E-state index contributed by atoms with van der Waals surface area (Å²) >= 11 is 0. The van der Waals surface area contributed by atoms with Crippen LogP contribution in [-0.4, -0.2) is 116 Å². The number of rotatable bonds is 12. The van der Waals surface area contributed by atoms with Crippen molar-refractivity contribution < 1.29 is 32.6 Å². The van der Waals surface area contributed by atoms with Crippen LogP contribution in [0.4, 0.5) is 20.2 Å². The standard InChI is InChI=1S/C37H47F2N7O6/c38-28-19-25(1-2-30(28)40-31-3-4-34(47)43-36(31)48)46-15-13-45(14-16-46)12-11-44-9-5-24(6-10-44)22-51-27-20-29(39)35-32(21-27)41-33(42-37(35)49)23-52-26-7-17-50-18-8-26/h1-2,19-21,24,26,31,40H,3-18,22-23H2,(H,41,42,49)(H,43,47,48). The van der Waals surface area contributed by atoms with Gasteiger partial charge in [0.05, 0.1) is 23.9 Å². The molecule has 2 aromatic carbocycles. The highest BCUT2D eigenvalue weighted by molar-refractivity contribution is 6.01. The highest BCUT2D eigenvalue weighted by Crippen LogP contribution is 2.26. The van der Waals surface area contributed by atoms with Crippen molar-refractivity contribution in [2.45, 2.75) is 57.3 Å². The number of benzene rings is 2. The lowest BCUT2D eigenvalue weighted by Gasteiger charge is -2.38. The molecule has 0 radical (unpaired) electrons. The highest BCUT2D eigenvalue weighted by atomic mass is 19.1. The van der Waals surface area contributed by atoms with Crippen LogP contribution >= 0.6 is 0 Å². The van der Waals surface area contributed by atoms with Crippen LogP contribution in [0.15, 0.2) is 35.1 Å². The number of piperidine rings is 2. The molecule has 0 spiro atoms. The molecule has 15 heteroatoms. The molecule has 2 amide bonds. The molecule has 4 fully saturated rings. The molecule has 1 atom stereocenters. The Morgan fingerprint density at radius 3 is 2.37 bits per heavy atom. The number of nitrogens with one attached hydrogen (secondary N) is 3. The minimum atomic E-state index is -0.654. The van der Waals surface area contributed by atoms with Crippen molar-refractivity contribution in [2.24, 2.45) is 5.92 Å². The summed E-state index contributed by atoms with van der Waals surface area (Å²) in [5.41, 5.74) is 0.792. The molecule has 3 N–H and O–H groups in total. The van der Waals surface area contributed by atoms with Crippen molar-refractivity contribution in [1.82, 2.24) is 25.1 Å². The molecule has 13 nitrogen and oxygen atoms in total. The second kappa shape index (κ2) is 16.7. The Morgan fingerprint density at radius 2 is 1.63 bits per heavy atom. The molecule has 5 heterocycles. The van der Waals surface area contributed by atoms with Crippen molar-refractivity contribution >= 4 is 34.1 Å². The second-order valence-corrected chi connectivity index (χ2v) is 14.2. The Labute approximate surface area is 301 Å². The number of hydrogen-bond donors (Lipinski definition) is 3. The van der Waals surface area contributed by atoms with Crippen LogP contribution in [0.1, 0.15) is 44.3 Å². The van der Waals surface area contributed by atoms with Crippen LogP contribution in [0.5, 0.6) is 5.75 Å². The maximum atomic E-state index is 15.0. The lowest BCUT2D eigenvalue weighted by molar-refractivity contribution is -0.133. The van der Waals surface area contributed by atoms with E-state index in [-0.39, 0.29) is 41.6 Å². The number of hydrogen-bond acceptors (Lipinski definition) is 11. The lowest BCUT2D eigenvalue weighted by Crippen LogP contribution is -2.49. The summed E-state index contributed by atoms with van der Waals surface area (Å²) in [5, 5.41) is 5.14. The molecule has 0 bridgehead atoms. The van der Waals surface area contributed by atoms with Gasteiger partial charge < -0.3 is 34.3 Å². The maximum Gasteiger partial charge on any atom is 0.261 e. The molecular formula is C37H47F2N7O6. The van der Waals surface area contributed by atoms with Crippen molar-refractivity contribution in [3.8, 4) is 5.75 Å². The number of aromatic nitrogens is 2. The Morgan fingerprint density at radius 1 is 0.885 bits per heavy atom. The largest absolute Gasteiger partial charge is 0.493 e. The minimum absolute atomic E-state index is 0.0485. The number of halogens is 2. The first kappa shape index (κ1) is 36.2. The monoisotopic (exact) mass is 723 g/mol. The number of carbonyl (C=O) groups is 2. The number of amides is 2. The fourth-order valence-corrected chi connectivity index (χ4v) is 7.38. The third kappa shape index (κ3) is 9.06. The molecule has 3 aromatic rings. The smallest absolute Gasteiger partial charge is 0.261 e. The fraction of sp³-hybridized carbons (Fsp3) is 0.568. The quantitative estimate of drug-likeness (QED) is 0.238. The number of aromatic amines is 1. The van der Waals surface area contributed by atoms with Crippen LogP contribution in [0.25, 0.3) is 10.9 Å². The Kier molecular flexibility index (Phi) is 11.6.